The first-order valence-corrected chi connectivity index (χ1v) is 8.79. The van der Waals surface area contributed by atoms with Crippen LogP contribution in [0.3, 0.4) is 0 Å². The van der Waals surface area contributed by atoms with Crippen molar-refractivity contribution < 1.29 is 9.72 Å². The Morgan fingerprint density at radius 3 is 2.54 bits per heavy atom. The second-order valence-electron chi connectivity index (χ2n) is 6.31. The second-order valence-corrected chi connectivity index (χ2v) is 6.31. The Balaban J connectivity index is 1.84. The number of nitrogens with zero attached hydrogens (tertiary/aromatic N) is 2. The van der Waals surface area contributed by atoms with Gasteiger partial charge in [-0.3, -0.25) is 25.2 Å². The van der Waals surface area contributed by atoms with Gasteiger partial charge in [0.15, 0.2) is 0 Å². The monoisotopic (exact) mass is 376 g/mol. The van der Waals surface area contributed by atoms with Crippen molar-refractivity contribution in [2.75, 3.05) is 5.32 Å². The van der Waals surface area contributed by atoms with Crippen LogP contribution in [0.15, 0.2) is 72.9 Å². The lowest BCUT2D eigenvalue weighted by molar-refractivity contribution is -0.384. The maximum absolute atomic E-state index is 13.0. The Hall–Kier alpha value is -3.58. The minimum absolute atomic E-state index is 0.134. The van der Waals surface area contributed by atoms with Gasteiger partial charge in [0.1, 0.15) is 11.7 Å². The van der Waals surface area contributed by atoms with Crippen LogP contribution in [-0.2, 0) is 11.3 Å². The zero-order chi connectivity index (χ0) is 19.9. The summed E-state index contributed by atoms with van der Waals surface area (Å²) in [6, 6.07) is 18.8. The van der Waals surface area contributed by atoms with E-state index >= 15 is 0 Å². The predicted octanol–water partition coefficient (Wildman–Crippen LogP) is 3.77. The van der Waals surface area contributed by atoms with Crippen LogP contribution in [0.4, 0.5) is 11.4 Å². The molecular formula is C21H20N4O3. The molecule has 7 heteroatoms. The van der Waals surface area contributed by atoms with E-state index in [0.29, 0.717) is 6.54 Å². The maximum atomic E-state index is 13.0. The third kappa shape index (κ3) is 4.77. The van der Waals surface area contributed by atoms with Crippen LogP contribution in [0.2, 0.25) is 0 Å². The van der Waals surface area contributed by atoms with E-state index in [2.05, 4.69) is 15.6 Å². The molecule has 0 fully saturated rings. The number of amides is 1. The molecule has 0 bridgehead atoms. The van der Waals surface area contributed by atoms with Gasteiger partial charge in [-0.2, -0.15) is 0 Å². The van der Waals surface area contributed by atoms with Crippen molar-refractivity contribution in [3.05, 3.63) is 99.9 Å². The summed E-state index contributed by atoms with van der Waals surface area (Å²) >= 11 is 0. The lowest BCUT2D eigenvalue weighted by Crippen LogP contribution is -2.33. The Morgan fingerprint density at radius 1 is 1.11 bits per heavy atom. The van der Waals surface area contributed by atoms with E-state index in [-0.39, 0.29) is 17.3 Å². The first-order valence-electron chi connectivity index (χ1n) is 8.79. The van der Waals surface area contributed by atoms with Crippen molar-refractivity contribution in [1.82, 2.24) is 10.3 Å². The van der Waals surface area contributed by atoms with E-state index in [1.54, 1.807) is 25.3 Å². The fourth-order valence-corrected chi connectivity index (χ4v) is 2.82. The Bertz CT molecular complexity index is 962. The largest absolute Gasteiger partial charge is 0.319 e. The number of aromatic nitrogens is 1. The molecule has 0 radical (unpaired) electrons. The summed E-state index contributed by atoms with van der Waals surface area (Å²) in [5.74, 6) is -0.380. The van der Waals surface area contributed by atoms with Crippen molar-refractivity contribution in [3.8, 4) is 0 Å². The van der Waals surface area contributed by atoms with Gasteiger partial charge in [0, 0.05) is 18.8 Å². The highest BCUT2D eigenvalue weighted by Crippen LogP contribution is 2.26. The molecule has 0 aliphatic carbocycles. The molecule has 0 aliphatic rings. The van der Waals surface area contributed by atoms with Crippen LogP contribution in [0.5, 0.6) is 0 Å². The van der Waals surface area contributed by atoms with Gasteiger partial charge in [-0.15, -0.1) is 0 Å². The van der Waals surface area contributed by atoms with Crippen LogP contribution in [0.1, 0.15) is 22.9 Å². The van der Waals surface area contributed by atoms with Gasteiger partial charge in [0.05, 0.1) is 10.6 Å². The van der Waals surface area contributed by atoms with Gasteiger partial charge < -0.3 is 5.32 Å². The maximum Gasteiger partial charge on any atom is 0.293 e. The number of carbonyl (C=O) groups is 1. The van der Waals surface area contributed by atoms with E-state index < -0.39 is 11.0 Å². The number of anilines is 1. The minimum atomic E-state index is -0.691. The molecule has 2 N–H and O–H groups in total. The number of hydrogen-bond acceptors (Lipinski definition) is 5. The van der Waals surface area contributed by atoms with Crippen LogP contribution in [0.25, 0.3) is 0 Å². The fourth-order valence-electron chi connectivity index (χ4n) is 2.82. The molecule has 1 atom stereocenters. The van der Waals surface area contributed by atoms with E-state index in [0.717, 1.165) is 16.8 Å². The Morgan fingerprint density at radius 2 is 1.86 bits per heavy atom. The van der Waals surface area contributed by atoms with Crippen LogP contribution in [-0.4, -0.2) is 15.8 Å². The summed E-state index contributed by atoms with van der Waals surface area (Å²) in [4.78, 5) is 28.1. The third-order valence-electron chi connectivity index (χ3n) is 4.22. The summed E-state index contributed by atoms with van der Waals surface area (Å²) in [7, 11) is 0. The molecule has 1 heterocycles. The van der Waals surface area contributed by atoms with E-state index in [4.69, 9.17) is 0 Å². The number of hydrogen-bond donors (Lipinski definition) is 2. The molecule has 7 nitrogen and oxygen atoms in total. The molecule has 1 amide bonds. The van der Waals surface area contributed by atoms with Crippen molar-refractivity contribution in [1.29, 1.82) is 0 Å². The molecule has 0 aliphatic heterocycles. The second kappa shape index (κ2) is 8.88. The summed E-state index contributed by atoms with van der Waals surface area (Å²) in [6.07, 6.45) is 1.68. The quantitative estimate of drug-likeness (QED) is 0.483. The molecule has 28 heavy (non-hydrogen) atoms. The molecule has 0 spiro atoms. The molecule has 3 rings (SSSR count). The van der Waals surface area contributed by atoms with Crippen LogP contribution in [0, 0.1) is 17.0 Å². The molecule has 1 aromatic heterocycles. The van der Waals surface area contributed by atoms with Crippen LogP contribution >= 0.6 is 0 Å². The number of nitrogens with one attached hydrogen (secondary N) is 2. The highest BCUT2D eigenvalue weighted by Gasteiger charge is 2.23. The number of aryl methyl sites for hydroxylation is 1. The van der Waals surface area contributed by atoms with Gasteiger partial charge >= 0.3 is 0 Å². The number of carbonyl (C=O) groups excluding carboxylic acids is 1. The highest BCUT2D eigenvalue weighted by molar-refractivity contribution is 5.97. The van der Waals surface area contributed by atoms with Crippen molar-refractivity contribution in [3.63, 3.8) is 0 Å². The third-order valence-corrected chi connectivity index (χ3v) is 4.22. The molecule has 142 valence electrons. The number of pyridine rings is 1. The molecular weight excluding hydrogens is 356 g/mol. The number of nitro benzene ring substituents is 1. The first-order chi connectivity index (χ1) is 13.5. The fraction of sp³-hybridized carbons (Fsp3) is 0.143. The highest BCUT2D eigenvalue weighted by atomic mass is 16.6. The van der Waals surface area contributed by atoms with E-state index in [1.807, 2.05) is 48.5 Å². The predicted molar refractivity (Wildman–Crippen MR) is 107 cm³/mol. The van der Waals surface area contributed by atoms with E-state index in [1.165, 1.54) is 6.07 Å². The molecule has 3 aromatic rings. The molecule has 0 saturated heterocycles. The summed E-state index contributed by atoms with van der Waals surface area (Å²) in [5, 5.41) is 17.2. The van der Waals surface area contributed by atoms with Crippen molar-refractivity contribution in [2.24, 2.45) is 0 Å². The summed E-state index contributed by atoms with van der Waals surface area (Å²) in [6.45, 7) is 2.14. The van der Waals surface area contributed by atoms with Gasteiger partial charge in [-0.05, 0) is 36.2 Å². The lowest BCUT2D eigenvalue weighted by atomic mass is 10.1. The van der Waals surface area contributed by atoms with Gasteiger partial charge in [-0.25, -0.2) is 0 Å². The number of rotatable bonds is 7. The normalized spacial score (nSPS) is 11.6. The van der Waals surface area contributed by atoms with Crippen LogP contribution < -0.4 is 10.6 Å². The first kappa shape index (κ1) is 19.2. The Labute approximate surface area is 162 Å². The Kier molecular flexibility index (Phi) is 6.08. The summed E-state index contributed by atoms with van der Waals surface area (Å²) in [5.41, 5.74) is 2.33. The van der Waals surface area contributed by atoms with Crippen molar-refractivity contribution >= 4 is 17.3 Å². The zero-order valence-electron chi connectivity index (χ0n) is 15.3. The average molecular weight is 376 g/mol. The lowest BCUT2D eigenvalue weighted by Gasteiger charge is -2.19. The topological polar surface area (TPSA) is 97.2 Å². The van der Waals surface area contributed by atoms with Gasteiger partial charge in [0.25, 0.3) is 5.69 Å². The standard InChI is InChI=1S/C21H20N4O3/c1-15-10-11-18(19(13-15)25(27)28)24-21(26)20(16-7-3-2-4-8-16)23-14-17-9-5-6-12-22-17/h2-13,20,23H,14H2,1H3,(H,24,26)/t20-/m0/s1. The zero-order valence-corrected chi connectivity index (χ0v) is 15.3. The van der Waals surface area contributed by atoms with Gasteiger partial charge in [-0.1, -0.05) is 42.5 Å². The molecule has 0 saturated carbocycles. The number of benzene rings is 2. The van der Waals surface area contributed by atoms with Crippen molar-refractivity contribution in [2.45, 2.75) is 19.5 Å². The summed E-state index contributed by atoms with van der Waals surface area (Å²) < 4.78 is 0. The molecule has 2 aromatic carbocycles. The molecule has 0 unspecified atom stereocenters. The minimum Gasteiger partial charge on any atom is -0.319 e. The average Bonchev–Trinajstić information content (AvgIpc) is 2.71. The van der Waals surface area contributed by atoms with E-state index in [9.17, 15) is 14.9 Å². The van der Waals surface area contributed by atoms with Gasteiger partial charge in [0.2, 0.25) is 5.91 Å². The smallest absolute Gasteiger partial charge is 0.293 e. The number of nitro groups is 1. The SMILES string of the molecule is Cc1ccc(NC(=O)[C@@H](NCc2ccccn2)c2ccccc2)c([N+](=O)[O-])c1.